The van der Waals surface area contributed by atoms with Gasteiger partial charge in [-0.1, -0.05) is 152 Å². The Balaban J connectivity index is 1.22. The van der Waals surface area contributed by atoms with Gasteiger partial charge in [0.05, 0.1) is 5.69 Å². The molecule has 0 unspecified atom stereocenters. The monoisotopic (exact) mass is 687 g/mol. The third-order valence-electron chi connectivity index (χ3n) is 11.0. The Morgan fingerprint density at radius 3 is 1.59 bits per heavy atom. The highest BCUT2D eigenvalue weighted by molar-refractivity contribution is 6.26. The first-order valence-corrected chi connectivity index (χ1v) is 18.5. The molecule has 11 rings (SSSR count). The zero-order chi connectivity index (χ0) is 35.6. The Morgan fingerprint density at radius 1 is 0.315 bits per heavy atom. The van der Waals surface area contributed by atoms with Crippen LogP contribution in [0.4, 0.5) is 17.1 Å². The molecule has 0 bridgehead atoms. The Labute approximate surface area is 312 Å². The number of hydrogen-bond donors (Lipinski definition) is 0. The van der Waals surface area contributed by atoms with E-state index < -0.39 is 0 Å². The molecular weight excluding hydrogens is 655 g/mol. The predicted octanol–water partition coefficient (Wildman–Crippen LogP) is 15.0. The van der Waals surface area contributed by atoms with Crippen molar-refractivity contribution < 1.29 is 4.42 Å². The normalized spacial score (nSPS) is 11.7. The van der Waals surface area contributed by atoms with Gasteiger partial charge in [-0.15, -0.1) is 0 Å². The number of furan rings is 1. The lowest BCUT2D eigenvalue weighted by atomic mass is 9.93. The average Bonchev–Trinajstić information content (AvgIpc) is 3.63. The van der Waals surface area contributed by atoms with E-state index in [-0.39, 0.29) is 0 Å². The van der Waals surface area contributed by atoms with Gasteiger partial charge >= 0.3 is 0 Å². The summed E-state index contributed by atoms with van der Waals surface area (Å²) in [5.74, 6) is 0. The van der Waals surface area contributed by atoms with Crippen molar-refractivity contribution in [2.24, 2.45) is 0 Å². The first-order valence-electron chi connectivity index (χ1n) is 18.5. The summed E-state index contributed by atoms with van der Waals surface area (Å²) in [7, 11) is 0. The molecule has 2 heteroatoms. The maximum absolute atomic E-state index is 6.84. The number of hydrogen-bond acceptors (Lipinski definition) is 2. The first kappa shape index (κ1) is 30.5. The van der Waals surface area contributed by atoms with Gasteiger partial charge in [0.1, 0.15) is 11.2 Å². The largest absolute Gasteiger partial charge is 0.455 e. The third-order valence-corrected chi connectivity index (χ3v) is 11.0. The lowest BCUT2D eigenvalue weighted by molar-refractivity contribution is 0.670. The van der Waals surface area contributed by atoms with Crippen molar-refractivity contribution in [3.63, 3.8) is 0 Å². The molecule has 0 saturated carbocycles. The van der Waals surface area contributed by atoms with Gasteiger partial charge < -0.3 is 9.32 Å². The second kappa shape index (κ2) is 12.2. The third kappa shape index (κ3) is 4.81. The molecule has 0 N–H and O–H groups in total. The Bertz CT molecular complexity index is 3180. The van der Waals surface area contributed by atoms with E-state index in [0.717, 1.165) is 50.1 Å². The fraction of sp³-hybridized carbons (Fsp3) is 0. The van der Waals surface area contributed by atoms with Crippen LogP contribution in [0, 0.1) is 0 Å². The van der Waals surface area contributed by atoms with E-state index >= 15 is 0 Å². The van der Waals surface area contributed by atoms with Crippen LogP contribution in [0.15, 0.2) is 205 Å². The van der Waals surface area contributed by atoms with Crippen LogP contribution in [0.25, 0.3) is 87.3 Å². The summed E-state index contributed by atoms with van der Waals surface area (Å²) in [4.78, 5) is 2.41. The van der Waals surface area contributed by atoms with Crippen LogP contribution in [0.2, 0.25) is 0 Å². The number of fused-ring (bicyclic) bond motifs is 10. The summed E-state index contributed by atoms with van der Waals surface area (Å²) >= 11 is 0. The second-order valence-corrected chi connectivity index (χ2v) is 14.1. The first-order chi connectivity index (χ1) is 26.8. The van der Waals surface area contributed by atoms with Crippen molar-refractivity contribution in [3.05, 3.63) is 200 Å². The smallest absolute Gasteiger partial charge is 0.145 e. The summed E-state index contributed by atoms with van der Waals surface area (Å²) in [6, 6.07) is 72.3. The zero-order valence-corrected chi connectivity index (χ0v) is 29.4. The molecule has 252 valence electrons. The van der Waals surface area contributed by atoms with Gasteiger partial charge in [-0.2, -0.15) is 0 Å². The van der Waals surface area contributed by atoms with Crippen molar-refractivity contribution in [2.45, 2.75) is 0 Å². The summed E-state index contributed by atoms with van der Waals surface area (Å²) in [6.07, 6.45) is 0. The molecule has 0 aliphatic carbocycles. The van der Waals surface area contributed by atoms with Gasteiger partial charge in [0.25, 0.3) is 0 Å². The molecule has 0 radical (unpaired) electrons. The van der Waals surface area contributed by atoms with Crippen molar-refractivity contribution >= 4 is 82.1 Å². The Kier molecular flexibility index (Phi) is 6.90. The molecule has 0 aliphatic heterocycles. The van der Waals surface area contributed by atoms with E-state index in [2.05, 4.69) is 199 Å². The molecule has 10 aromatic carbocycles. The predicted molar refractivity (Wildman–Crippen MR) is 229 cm³/mol. The second-order valence-electron chi connectivity index (χ2n) is 14.1. The zero-order valence-electron chi connectivity index (χ0n) is 29.4. The fourth-order valence-electron chi connectivity index (χ4n) is 8.48. The number of nitrogens with zero attached hydrogens (tertiary/aromatic N) is 1. The van der Waals surface area contributed by atoms with Crippen LogP contribution in [-0.2, 0) is 0 Å². The van der Waals surface area contributed by atoms with Crippen molar-refractivity contribution in [2.75, 3.05) is 4.90 Å². The van der Waals surface area contributed by atoms with Gasteiger partial charge in [0.2, 0.25) is 0 Å². The number of benzene rings is 10. The molecule has 0 fully saturated rings. The van der Waals surface area contributed by atoms with Crippen LogP contribution < -0.4 is 4.90 Å². The molecule has 0 spiro atoms. The maximum Gasteiger partial charge on any atom is 0.145 e. The SMILES string of the molecule is c1ccc(-c2ccc(N(c3ccc4c5ccccc5c5ccccc5c4c3)c3ccc4c(oc5ccccc54)c3-c3ccc4ccccc4c3)cc2)cc1. The highest BCUT2D eigenvalue weighted by Crippen LogP contribution is 2.48. The molecule has 1 aromatic heterocycles. The molecule has 0 aliphatic rings. The molecule has 0 amide bonds. The van der Waals surface area contributed by atoms with Gasteiger partial charge in [-0.3, -0.25) is 0 Å². The van der Waals surface area contributed by atoms with Gasteiger partial charge in [-0.05, 0) is 108 Å². The quantitative estimate of drug-likeness (QED) is 0.168. The summed E-state index contributed by atoms with van der Waals surface area (Å²) in [5, 5.41) is 12.1. The minimum absolute atomic E-state index is 0.882. The van der Waals surface area contributed by atoms with Crippen molar-refractivity contribution in [3.8, 4) is 22.3 Å². The van der Waals surface area contributed by atoms with E-state index in [1.54, 1.807) is 0 Å². The maximum atomic E-state index is 6.84. The van der Waals surface area contributed by atoms with E-state index in [4.69, 9.17) is 4.42 Å². The Hall–Kier alpha value is -7.16. The lowest BCUT2D eigenvalue weighted by Crippen LogP contribution is -2.11. The topological polar surface area (TPSA) is 16.4 Å². The van der Waals surface area contributed by atoms with Gasteiger partial charge in [0, 0.05) is 27.7 Å². The van der Waals surface area contributed by atoms with Crippen molar-refractivity contribution in [1.82, 2.24) is 0 Å². The lowest BCUT2D eigenvalue weighted by Gasteiger charge is -2.29. The van der Waals surface area contributed by atoms with Crippen LogP contribution in [0.1, 0.15) is 0 Å². The molecule has 54 heavy (non-hydrogen) atoms. The molecule has 11 aromatic rings. The minimum Gasteiger partial charge on any atom is -0.455 e. The average molecular weight is 688 g/mol. The van der Waals surface area contributed by atoms with Crippen LogP contribution in [-0.4, -0.2) is 0 Å². The van der Waals surface area contributed by atoms with Crippen LogP contribution >= 0.6 is 0 Å². The summed E-state index contributed by atoms with van der Waals surface area (Å²) < 4.78 is 6.84. The summed E-state index contributed by atoms with van der Waals surface area (Å²) in [5.41, 5.74) is 9.50. The van der Waals surface area contributed by atoms with Crippen LogP contribution in [0.3, 0.4) is 0 Å². The van der Waals surface area contributed by atoms with Crippen LogP contribution in [0.5, 0.6) is 0 Å². The molecule has 0 atom stereocenters. The summed E-state index contributed by atoms with van der Waals surface area (Å²) in [6.45, 7) is 0. The minimum atomic E-state index is 0.882. The number of para-hydroxylation sites is 1. The highest BCUT2D eigenvalue weighted by Gasteiger charge is 2.24. The van der Waals surface area contributed by atoms with E-state index in [0.29, 0.717) is 0 Å². The molecule has 0 saturated heterocycles. The standard InChI is InChI=1S/C52H33NO/c1-2-12-34(13-3-1)36-24-26-39(27-25-36)53(40-28-29-45-43-18-7-6-16-41(43)42-17-8-9-19-44(42)48(45)33-40)49-31-30-47-46-20-10-11-21-50(46)54-52(47)51(49)38-23-22-35-14-4-5-15-37(35)32-38/h1-33H. The Morgan fingerprint density at radius 2 is 0.852 bits per heavy atom. The van der Waals surface area contributed by atoms with Gasteiger partial charge in [0.15, 0.2) is 0 Å². The molecule has 2 nitrogen and oxygen atoms in total. The fourth-order valence-corrected chi connectivity index (χ4v) is 8.48. The molecular formula is C52H33NO. The highest BCUT2D eigenvalue weighted by atomic mass is 16.3. The van der Waals surface area contributed by atoms with E-state index in [1.807, 2.05) is 6.07 Å². The van der Waals surface area contributed by atoms with E-state index in [1.165, 1.54) is 54.2 Å². The van der Waals surface area contributed by atoms with Gasteiger partial charge in [-0.25, -0.2) is 0 Å². The molecule has 1 heterocycles. The van der Waals surface area contributed by atoms with Crippen molar-refractivity contribution in [1.29, 1.82) is 0 Å². The number of rotatable bonds is 5. The number of anilines is 3. The van der Waals surface area contributed by atoms with E-state index in [9.17, 15) is 0 Å².